The molecule has 1 atom stereocenters. The number of imidazole rings is 1. The first-order valence-electron chi connectivity index (χ1n) is 9.46. The molecule has 3 aromatic rings. The summed E-state index contributed by atoms with van der Waals surface area (Å²) in [5.74, 6) is 0.821. The Morgan fingerprint density at radius 3 is 2.67 bits per heavy atom. The largest absolute Gasteiger partial charge is 0.354 e. The van der Waals surface area contributed by atoms with Gasteiger partial charge in [-0.3, -0.25) is 9.59 Å². The Kier molecular flexibility index (Phi) is 4.34. The molecule has 0 radical (unpaired) electrons. The summed E-state index contributed by atoms with van der Waals surface area (Å²) in [6.45, 7) is 5.95. The van der Waals surface area contributed by atoms with E-state index in [4.69, 9.17) is 0 Å². The van der Waals surface area contributed by atoms with Crippen LogP contribution in [0.5, 0.6) is 0 Å². The van der Waals surface area contributed by atoms with E-state index in [2.05, 4.69) is 20.3 Å². The number of rotatable bonds is 4. The number of aromatic nitrogens is 3. The van der Waals surface area contributed by atoms with Crippen molar-refractivity contribution in [2.45, 2.75) is 46.1 Å². The van der Waals surface area contributed by atoms with Gasteiger partial charge >= 0.3 is 0 Å². The fourth-order valence-corrected chi connectivity index (χ4v) is 3.89. The average Bonchev–Trinajstić information content (AvgIpc) is 3.21. The van der Waals surface area contributed by atoms with Gasteiger partial charge in [-0.05, 0) is 43.4 Å². The van der Waals surface area contributed by atoms with Gasteiger partial charge in [0, 0.05) is 17.7 Å². The van der Waals surface area contributed by atoms with E-state index in [1.54, 1.807) is 0 Å². The van der Waals surface area contributed by atoms with E-state index in [1.165, 1.54) is 0 Å². The summed E-state index contributed by atoms with van der Waals surface area (Å²) in [5, 5.41) is 3.10. The number of aromatic amines is 2. The zero-order chi connectivity index (χ0) is 19.1. The predicted octanol–water partition coefficient (Wildman–Crippen LogP) is 3.85. The minimum absolute atomic E-state index is 0.127. The lowest BCUT2D eigenvalue weighted by Crippen LogP contribution is -2.33. The monoisotopic (exact) mass is 364 g/mol. The molecule has 4 rings (SSSR count). The van der Waals surface area contributed by atoms with Crippen molar-refractivity contribution in [3.05, 3.63) is 52.6 Å². The number of hydrogen-bond donors (Lipinski definition) is 3. The van der Waals surface area contributed by atoms with Crippen molar-refractivity contribution in [3.63, 3.8) is 0 Å². The summed E-state index contributed by atoms with van der Waals surface area (Å²) in [5.41, 5.74) is 4.65. The van der Waals surface area contributed by atoms with Crippen LogP contribution in [0.4, 0.5) is 0 Å². The Hall–Kier alpha value is -2.89. The molecule has 0 spiro atoms. The Morgan fingerprint density at radius 2 is 1.96 bits per heavy atom. The molecule has 1 aromatic carbocycles. The molecule has 3 N–H and O–H groups in total. The average molecular weight is 364 g/mol. The summed E-state index contributed by atoms with van der Waals surface area (Å²) in [6, 6.07) is 7.57. The van der Waals surface area contributed by atoms with Crippen LogP contribution in [-0.4, -0.2) is 26.6 Å². The number of H-pyrrole nitrogens is 2. The second kappa shape index (κ2) is 6.68. The van der Waals surface area contributed by atoms with Crippen molar-refractivity contribution in [3.8, 4) is 0 Å². The molecule has 27 heavy (non-hydrogen) atoms. The third-order valence-corrected chi connectivity index (χ3v) is 5.32. The zero-order valence-corrected chi connectivity index (χ0v) is 15.8. The summed E-state index contributed by atoms with van der Waals surface area (Å²) in [4.78, 5) is 36.4. The number of nitrogens with one attached hydrogen (secondary N) is 3. The maximum Gasteiger partial charge on any atom is 0.268 e. The van der Waals surface area contributed by atoms with E-state index in [9.17, 15) is 9.59 Å². The molecule has 6 nitrogen and oxygen atoms in total. The van der Waals surface area contributed by atoms with Crippen molar-refractivity contribution >= 4 is 22.7 Å². The molecule has 0 fully saturated rings. The quantitative estimate of drug-likeness (QED) is 0.657. The van der Waals surface area contributed by atoms with E-state index in [0.29, 0.717) is 17.7 Å². The molecule has 0 saturated carbocycles. The molecule has 1 amide bonds. The van der Waals surface area contributed by atoms with Crippen LogP contribution < -0.4 is 5.32 Å². The lowest BCUT2D eigenvalue weighted by atomic mass is 9.93. The molecular formula is C21H24N4O2. The van der Waals surface area contributed by atoms with E-state index >= 15 is 0 Å². The van der Waals surface area contributed by atoms with Crippen molar-refractivity contribution < 1.29 is 9.59 Å². The van der Waals surface area contributed by atoms with Crippen molar-refractivity contribution in [1.82, 2.24) is 20.3 Å². The summed E-state index contributed by atoms with van der Waals surface area (Å²) in [6.07, 6.45) is 2.20. The lowest BCUT2D eigenvalue weighted by Gasteiger charge is -2.20. The van der Waals surface area contributed by atoms with Gasteiger partial charge in [-0.2, -0.15) is 0 Å². The number of ketones is 1. The Morgan fingerprint density at radius 1 is 1.19 bits per heavy atom. The van der Waals surface area contributed by atoms with Crippen molar-refractivity contribution in [1.29, 1.82) is 0 Å². The lowest BCUT2D eigenvalue weighted by molar-refractivity contribution is 0.0917. The smallest absolute Gasteiger partial charge is 0.268 e. The topological polar surface area (TPSA) is 90.6 Å². The maximum absolute atomic E-state index is 13.0. The first-order chi connectivity index (χ1) is 13.0. The molecule has 1 unspecified atom stereocenters. The minimum Gasteiger partial charge on any atom is -0.354 e. The van der Waals surface area contributed by atoms with Gasteiger partial charge in [0.25, 0.3) is 5.91 Å². The van der Waals surface area contributed by atoms with E-state index in [0.717, 1.165) is 41.0 Å². The standard InChI is InChI=1S/C21H24N4O2/c1-11(2)18(20-23-13-7-4-5-8-14(13)24-20)25-21(27)19-12(3)17-15(22-19)9-6-10-16(17)26/h4-5,7-8,11,18,22H,6,9-10H2,1-3H3,(H,23,24)(H,25,27). The van der Waals surface area contributed by atoms with Gasteiger partial charge in [-0.1, -0.05) is 26.0 Å². The highest BCUT2D eigenvalue weighted by molar-refractivity contribution is 6.04. The molecule has 6 heteroatoms. The number of nitrogens with zero attached hydrogens (tertiary/aromatic N) is 1. The molecule has 1 aliphatic rings. The van der Waals surface area contributed by atoms with E-state index < -0.39 is 0 Å². The second-order valence-corrected chi connectivity index (χ2v) is 7.59. The van der Waals surface area contributed by atoms with Crippen molar-refractivity contribution in [2.24, 2.45) is 5.92 Å². The minimum atomic E-state index is -0.250. The number of Topliss-reactive ketones (excluding diaryl/α,β-unsaturated/α-hetero) is 1. The van der Waals surface area contributed by atoms with Crippen LogP contribution in [-0.2, 0) is 6.42 Å². The van der Waals surface area contributed by atoms with E-state index in [1.807, 2.05) is 45.0 Å². The van der Waals surface area contributed by atoms with Crippen LogP contribution in [0.2, 0.25) is 0 Å². The molecule has 2 heterocycles. The fourth-order valence-electron chi connectivity index (χ4n) is 3.89. The highest BCUT2D eigenvalue weighted by atomic mass is 16.2. The number of carbonyl (C=O) groups excluding carboxylic acids is 2. The number of para-hydroxylation sites is 2. The van der Waals surface area contributed by atoms with Crippen molar-refractivity contribution in [2.75, 3.05) is 0 Å². The first-order valence-corrected chi connectivity index (χ1v) is 9.46. The highest BCUT2D eigenvalue weighted by Crippen LogP contribution is 2.28. The van der Waals surface area contributed by atoms with Gasteiger partial charge < -0.3 is 15.3 Å². The van der Waals surface area contributed by atoms with Crippen LogP contribution >= 0.6 is 0 Å². The van der Waals surface area contributed by atoms with Gasteiger partial charge in [0.1, 0.15) is 11.5 Å². The number of aryl methyl sites for hydroxylation is 1. The van der Waals surface area contributed by atoms with E-state index in [-0.39, 0.29) is 23.7 Å². The SMILES string of the molecule is Cc1c(C(=O)NC(c2nc3ccccc3[nH]2)C(C)C)[nH]c2c1C(=O)CCC2. The predicted molar refractivity (Wildman–Crippen MR) is 104 cm³/mol. The zero-order valence-electron chi connectivity index (χ0n) is 15.8. The summed E-state index contributed by atoms with van der Waals surface area (Å²) in [7, 11) is 0. The fraction of sp³-hybridized carbons (Fsp3) is 0.381. The van der Waals surface area contributed by atoms with Gasteiger partial charge in [-0.25, -0.2) is 4.98 Å². The van der Waals surface area contributed by atoms with Crippen LogP contribution in [0.15, 0.2) is 24.3 Å². The third kappa shape index (κ3) is 3.05. The van der Waals surface area contributed by atoms with Crippen LogP contribution in [0.25, 0.3) is 11.0 Å². The maximum atomic E-state index is 13.0. The van der Waals surface area contributed by atoms with Crippen LogP contribution in [0.3, 0.4) is 0 Å². The third-order valence-electron chi connectivity index (χ3n) is 5.32. The molecule has 140 valence electrons. The molecule has 2 aromatic heterocycles. The van der Waals surface area contributed by atoms with Gasteiger partial charge in [0.15, 0.2) is 5.78 Å². The number of amides is 1. The molecule has 0 aliphatic heterocycles. The number of carbonyl (C=O) groups is 2. The summed E-state index contributed by atoms with van der Waals surface area (Å²) >= 11 is 0. The first kappa shape index (κ1) is 17.5. The number of hydrogen-bond acceptors (Lipinski definition) is 3. The molecular weight excluding hydrogens is 340 g/mol. The van der Waals surface area contributed by atoms with Gasteiger partial charge in [0.2, 0.25) is 0 Å². The number of benzene rings is 1. The summed E-state index contributed by atoms with van der Waals surface area (Å²) < 4.78 is 0. The molecule has 0 saturated heterocycles. The molecule has 0 bridgehead atoms. The van der Waals surface area contributed by atoms with Gasteiger partial charge in [-0.15, -0.1) is 0 Å². The van der Waals surface area contributed by atoms with Crippen LogP contribution in [0, 0.1) is 12.8 Å². The van der Waals surface area contributed by atoms with Crippen LogP contribution in [0.1, 0.15) is 70.7 Å². The Bertz CT molecular complexity index is 995. The Balaban J connectivity index is 1.64. The normalized spacial score (nSPS) is 15.2. The number of fused-ring (bicyclic) bond motifs is 2. The Labute approximate surface area is 157 Å². The van der Waals surface area contributed by atoms with Gasteiger partial charge in [0.05, 0.1) is 17.1 Å². The second-order valence-electron chi connectivity index (χ2n) is 7.59. The highest BCUT2D eigenvalue weighted by Gasteiger charge is 2.28. The molecule has 1 aliphatic carbocycles.